The van der Waals surface area contributed by atoms with Gasteiger partial charge in [-0.1, -0.05) is 21.6 Å². The molecule has 16 heavy (non-hydrogen) atoms. The Morgan fingerprint density at radius 1 is 0.875 bits per heavy atom. The molecular formula is C4H8Na2O4S6. The molecule has 86 valence electrons. The predicted molar refractivity (Wildman–Crippen MR) is 67.2 cm³/mol. The van der Waals surface area contributed by atoms with Crippen molar-refractivity contribution in [2.24, 2.45) is 0 Å². The molecule has 0 saturated carbocycles. The van der Waals surface area contributed by atoms with E-state index < -0.39 is 17.5 Å². The third-order valence-electron chi connectivity index (χ3n) is 0.917. The summed E-state index contributed by atoms with van der Waals surface area (Å²) in [4.78, 5) is 0. The van der Waals surface area contributed by atoms with Gasteiger partial charge in [-0.2, -0.15) is 0 Å². The third-order valence-corrected chi connectivity index (χ3v) is 6.25. The molecule has 0 heterocycles. The van der Waals surface area contributed by atoms with Crippen LogP contribution in [0.4, 0.5) is 0 Å². The van der Waals surface area contributed by atoms with Crippen LogP contribution < -0.4 is 59.1 Å². The SMILES string of the molecule is O=S([O-])(=S)CCSSCCS(=O)([O-])=S.[Na+].[Na+]. The Hall–Kier alpha value is 3.36. The van der Waals surface area contributed by atoms with Gasteiger partial charge in [-0.15, -0.1) is 0 Å². The van der Waals surface area contributed by atoms with Gasteiger partial charge in [-0.05, 0) is 39.9 Å². The molecule has 0 aliphatic carbocycles. The summed E-state index contributed by atoms with van der Waals surface area (Å²) < 4.78 is 42.0. The van der Waals surface area contributed by atoms with Crippen LogP contribution in [0.15, 0.2) is 0 Å². The fourth-order valence-corrected chi connectivity index (χ4v) is 5.96. The Balaban J connectivity index is -0.000000845. The molecule has 0 spiro atoms. The average molecular weight is 358 g/mol. The van der Waals surface area contributed by atoms with E-state index in [-0.39, 0.29) is 70.6 Å². The summed E-state index contributed by atoms with van der Waals surface area (Å²) in [6.07, 6.45) is 0. The zero-order valence-electron chi connectivity index (χ0n) is 8.91. The first kappa shape index (κ1) is 24.4. The predicted octanol–water partition coefficient (Wildman–Crippen LogP) is -5.87. The van der Waals surface area contributed by atoms with Crippen molar-refractivity contribution in [3.63, 3.8) is 0 Å². The van der Waals surface area contributed by atoms with Crippen LogP contribution in [0.1, 0.15) is 0 Å². The van der Waals surface area contributed by atoms with Gasteiger partial charge in [-0.25, -0.2) is 0 Å². The van der Waals surface area contributed by atoms with E-state index in [4.69, 9.17) is 0 Å². The van der Waals surface area contributed by atoms with Crippen LogP contribution >= 0.6 is 21.6 Å². The molecule has 0 aromatic rings. The van der Waals surface area contributed by atoms with Crippen LogP contribution in [-0.2, 0) is 39.9 Å². The van der Waals surface area contributed by atoms with E-state index in [9.17, 15) is 17.5 Å². The molecule has 0 aromatic heterocycles. The van der Waals surface area contributed by atoms with E-state index in [2.05, 4.69) is 22.4 Å². The fraction of sp³-hybridized carbons (Fsp3) is 1.00. The summed E-state index contributed by atoms with van der Waals surface area (Å²) in [6, 6.07) is 0. The molecule has 0 saturated heterocycles. The molecule has 4 nitrogen and oxygen atoms in total. The van der Waals surface area contributed by atoms with Gasteiger partial charge in [0.2, 0.25) is 0 Å². The van der Waals surface area contributed by atoms with Crippen LogP contribution in [-0.4, -0.2) is 40.5 Å². The molecule has 2 atom stereocenters. The molecular weight excluding hydrogens is 350 g/mol. The Kier molecular flexibility index (Phi) is 18.5. The maximum Gasteiger partial charge on any atom is 1.00 e. The summed E-state index contributed by atoms with van der Waals surface area (Å²) in [5.74, 6) is 0.600. The Labute approximate surface area is 158 Å². The summed E-state index contributed by atoms with van der Waals surface area (Å²) in [7, 11) is -4.10. The van der Waals surface area contributed by atoms with Crippen LogP contribution in [0, 0.1) is 0 Å². The van der Waals surface area contributed by atoms with Crippen molar-refractivity contribution in [2.75, 3.05) is 23.0 Å². The van der Waals surface area contributed by atoms with Crippen molar-refractivity contribution in [2.45, 2.75) is 0 Å². The van der Waals surface area contributed by atoms with Gasteiger partial charge in [0.25, 0.3) is 0 Å². The van der Waals surface area contributed by atoms with E-state index in [1.54, 1.807) is 0 Å². The van der Waals surface area contributed by atoms with Crippen LogP contribution in [0.3, 0.4) is 0 Å². The summed E-state index contributed by atoms with van der Waals surface area (Å²) in [5, 5.41) is 0. The van der Waals surface area contributed by atoms with E-state index in [0.717, 1.165) is 0 Å². The Morgan fingerprint density at radius 2 is 1.12 bits per heavy atom. The molecule has 0 rings (SSSR count). The number of hydrogen-bond acceptors (Lipinski definition) is 8. The van der Waals surface area contributed by atoms with E-state index in [1.165, 1.54) is 21.6 Å². The topological polar surface area (TPSA) is 80.3 Å². The van der Waals surface area contributed by atoms with Crippen LogP contribution in [0.2, 0.25) is 0 Å². The monoisotopic (exact) mass is 358 g/mol. The van der Waals surface area contributed by atoms with Crippen LogP contribution in [0.5, 0.6) is 0 Å². The quantitative estimate of drug-likeness (QED) is 0.253. The van der Waals surface area contributed by atoms with Crippen molar-refractivity contribution in [1.82, 2.24) is 0 Å². The van der Waals surface area contributed by atoms with Gasteiger partial charge in [0.1, 0.15) is 0 Å². The van der Waals surface area contributed by atoms with E-state index in [0.29, 0.717) is 11.5 Å². The molecule has 0 bridgehead atoms. The first-order chi connectivity index (χ1) is 6.21. The van der Waals surface area contributed by atoms with E-state index >= 15 is 0 Å². The minimum absolute atomic E-state index is 0. The molecule has 12 heteroatoms. The third kappa shape index (κ3) is 22.5. The summed E-state index contributed by atoms with van der Waals surface area (Å²) >= 11 is 8.32. The molecule has 0 amide bonds. The van der Waals surface area contributed by atoms with Crippen molar-refractivity contribution in [1.29, 1.82) is 0 Å². The molecule has 2 unspecified atom stereocenters. The van der Waals surface area contributed by atoms with Gasteiger partial charge in [-0.3, -0.25) is 8.42 Å². The largest absolute Gasteiger partial charge is 1.00 e. The van der Waals surface area contributed by atoms with Gasteiger partial charge in [0.15, 0.2) is 0 Å². The minimum atomic E-state index is -3.33. The van der Waals surface area contributed by atoms with Gasteiger partial charge < -0.3 is 9.11 Å². The normalized spacial score (nSPS) is 17.4. The first-order valence-corrected chi connectivity index (χ1v) is 11.0. The average Bonchev–Trinajstić information content (AvgIpc) is 1.92. The van der Waals surface area contributed by atoms with Gasteiger partial charge in [0.05, 0.1) is 0 Å². The van der Waals surface area contributed by atoms with Gasteiger partial charge in [0, 0.05) is 23.0 Å². The van der Waals surface area contributed by atoms with Crippen LogP contribution in [0.25, 0.3) is 0 Å². The summed E-state index contributed by atoms with van der Waals surface area (Å²) in [5.41, 5.74) is 0. The number of hydrogen-bond donors (Lipinski definition) is 0. The standard InChI is InChI=1S/C4H10O4S6.2Na/c5-13(6,9)3-1-11-12-2-4-14(7,8)10;;/h1-4H2,(H,5,6,9)(H,7,8,10);;/q;2*+1/p-2. The number of rotatable bonds is 7. The molecule has 0 N–H and O–H groups in total. The van der Waals surface area contributed by atoms with Crippen molar-refractivity contribution in [3.05, 3.63) is 0 Å². The fourth-order valence-electron chi connectivity index (χ4n) is 0.390. The van der Waals surface area contributed by atoms with Crippen molar-refractivity contribution >= 4 is 61.5 Å². The zero-order chi connectivity index (χ0) is 11.2. The maximum atomic E-state index is 10.5. The Bertz CT molecular complexity index is 315. The molecule has 0 radical (unpaired) electrons. The minimum Gasteiger partial charge on any atom is -0.769 e. The molecule has 0 aliphatic heterocycles. The Morgan fingerprint density at radius 3 is 1.31 bits per heavy atom. The smallest absolute Gasteiger partial charge is 0.769 e. The van der Waals surface area contributed by atoms with E-state index in [1.807, 2.05) is 0 Å². The molecule has 0 fully saturated rings. The van der Waals surface area contributed by atoms with Crippen molar-refractivity contribution in [3.8, 4) is 0 Å². The maximum absolute atomic E-state index is 10.5. The molecule has 0 aromatic carbocycles. The second-order valence-corrected chi connectivity index (χ2v) is 11.0. The van der Waals surface area contributed by atoms with Gasteiger partial charge >= 0.3 is 59.1 Å². The second-order valence-electron chi connectivity index (χ2n) is 2.17. The van der Waals surface area contributed by atoms with Crippen molar-refractivity contribution < 1.29 is 76.6 Å². The molecule has 0 aliphatic rings. The second kappa shape index (κ2) is 12.1. The zero-order valence-corrected chi connectivity index (χ0v) is 17.8. The first-order valence-electron chi connectivity index (χ1n) is 3.32. The summed E-state index contributed by atoms with van der Waals surface area (Å²) in [6.45, 7) is 0.